The number of nitrogens with one attached hydrogen (secondary N) is 1. The number of nitrogens with zero attached hydrogens (tertiary/aromatic N) is 2. The second-order valence-corrected chi connectivity index (χ2v) is 12.9. The molecule has 7 heteroatoms. The number of anilines is 1. The average molecular weight is 620 g/mol. The van der Waals surface area contributed by atoms with Gasteiger partial charge in [-0.25, -0.2) is 4.39 Å². The van der Waals surface area contributed by atoms with Gasteiger partial charge in [0.05, 0.1) is 17.1 Å². The van der Waals surface area contributed by atoms with Crippen LogP contribution >= 0.6 is 11.8 Å². The van der Waals surface area contributed by atoms with E-state index in [0.29, 0.717) is 22.7 Å². The number of rotatable bonds is 10. The van der Waals surface area contributed by atoms with Crippen molar-refractivity contribution in [2.45, 2.75) is 37.1 Å². The van der Waals surface area contributed by atoms with Crippen LogP contribution in [0.1, 0.15) is 46.3 Å². The maximum atomic E-state index is 13.8. The van der Waals surface area contributed by atoms with Gasteiger partial charge in [0.1, 0.15) is 5.82 Å². The molecule has 1 saturated heterocycles. The first kappa shape index (κ1) is 30.8. The van der Waals surface area contributed by atoms with Crippen LogP contribution in [-0.2, 0) is 17.8 Å². The maximum Gasteiger partial charge on any atom is 0.265 e. The van der Waals surface area contributed by atoms with Crippen molar-refractivity contribution < 1.29 is 14.0 Å². The van der Waals surface area contributed by atoms with E-state index in [-0.39, 0.29) is 24.2 Å². The SMILES string of the molecule is O=C(NCCCN1CCC(Cc2ccccc2)CC1)c1ccc2c(c1)N(Cc1ccc(F)cc1)C(=O)C(=Cc1ccccc1)S2. The van der Waals surface area contributed by atoms with E-state index in [1.165, 1.54) is 42.3 Å². The van der Waals surface area contributed by atoms with Gasteiger partial charge in [-0.2, -0.15) is 0 Å². The van der Waals surface area contributed by atoms with Gasteiger partial charge < -0.3 is 15.1 Å². The largest absolute Gasteiger partial charge is 0.352 e. The number of thioether (sulfide) groups is 1. The molecule has 0 unspecified atom stereocenters. The van der Waals surface area contributed by atoms with Crippen LogP contribution < -0.4 is 10.2 Å². The lowest BCUT2D eigenvalue weighted by atomic mass is 9.90. The molecular weight excluding hydrogens is 582 g/mol. The van der Waals surface area contributed by atoms with E-state index < -0.39 is 0 Å². The Hall–Kier alpha value is -4.20. The van der Waals surface area contributed by atoms with Crippen molar-refractivity contribution in [1.29, 1.82) is 0 Å². The number of fused-ring (bicyclic) bond motifs is 1. The van der Waals surface area contributed by atoms with Crippen molar-refractivity contribution >= 4 is 35.3 Å². The molecule has 5 nitrogen and oxygen atoms in total. The van der Waals surface area contributed by atoms with Crippen LogP contribution in [0.15, 0.2) is 113 Å². The summed E-state index contributed by atoms with van der Waals surface area (Å²) in [4.78, 5) is 32.7. The third-order valence-corrected chi connectivity index (χ3v) is 9.63. The molecule has 2 amide bonds. The van der Waals surface area contributed by atoms with Crippen molar-refractivity contribution in [3.63, 3.8) is 0 Å². The minimum Gasteiger partial charge on any atom is -0.352 e. The third kappa shape index (κ3) is 8.10. The summed E-state index contributed by atoms with van der Waals surface area (Å²) < 4.78 is 13.6. The third-order valence-electron chi connectivity index (χ3n) is 8.55. The Balaban J connectivity index is 1.07. The van der Waals surface area contributed by atoms with E-state index >= 15 is 0 Å². The first-order valence-corrected chi connectivity index (χ1v) is 16.5. The lowest BCUT2D eigenvalue weighted by Gasteiger charge is -2.32. The van der Waals surface area contributed by atoms with E-state index in [9.17, 15) is 14.0 Å². The summed E-state index contributed by atoms with van der Waals surface area (Å²) in [6.45, 7) is 4.04. The Kier molecular flexibility index (Phi) is 10.1. The van der Waals surface area contributed by atoms with Crippen molar-refractivity contribution in [2.75, 3.05) is 31.1 Å². The summed E-state index contributed by atoms with van der Waals surface area (Å²) in [5.41, 5.74) is 4.37. The second-order valence-electron chi connectivity index (χ2n) is 11.8. The zero-order chi connectivity index (χ0) is 31.0. The zero-order valence-corrected chi connectivity index (χ0v) is 26.1. The zero-order valence-electron chi connectivity index (χ0n) is 25.3. The molecule has 2 aliphatic rings. The number of likely N-dealkylation sites (tertiary alicyclic amines) is 1. The van der Waals surface area contributed by atoms with Gasteiger partial charge in [-0.3, -0.25) is 9.59 Å². The highest BCUT2D eigenvalue weighted by Crippen LogP contribution is 2.43. The van der Waals surface area contributed by atoms with Crippen molar-refractivity contribution in [1.82, 2.24) is 10.2 Å². The summed E-state index contributed by atoms with van der Waals surface area (Å²) in [6, 6.07) is 32.2. The van der Waals surface area contributed by atoms with E-state index in [2.05, 4.69) is 40.5 Å². The number of benzene rings is 4. The molecule has 0 bridgehead atoms. The van der Waals surface area contributed by atoms with Crippen LogP contribution in [0.25, 0.3) is 6.08 Å². The Bertz CT molecular complexity index is 1640. The highest BCUT2D eigenvalue weighted by molar-refractivity contribution is 8.04. The lowest BCUT2D eigenvalue weighted by Crippen LogP contribution is -2.36. The number of carbonyl (C=O) groups is 2. The van der Waals surface area contributed by atoms with Crippen molar-refractivity contribution in [3.8, 4) is 0 Å². The Morgan fingerprint density at radius 3 is 2.33 bits per heavy atom. The van der Waals surface area contributed by atoms with Gasteiger partial charge in [0.25, 0.3) is 11.8 Å². The van der Waals surface area contributed by atoms with Crippen LogP contribution in [0.3, 0.4) is 0 Å². The molecule has 2 heterocycles. The predicted octanol–water partition coefficient (Wildman–Crippen LogP) is 7.58. The molecule has 230 valence electrons. The van der Waals surface area contributed by atoms with Crippen LogP contribution in [0.4, 0.5) is 10.1 Å². The first-order valence-electron chi connectivity index (χ1n) is 15.7. The smallest absolute Gasteiger partial charge is 0.265 e. The summed E-state index contributed by atoms with van der Waals surface area (Å²) in [5.74, 6) is 0.121. The number of piperidine rings is 1. The van der Waals surface area contributed by atoms with E-state index in [4.69, 9.17) is 0 Å². The van der Waals surface area contributed by atoms with Gasteiger partial charge >= 0.3 is 0 Å². The highest BCUT2D eigenvalue weighted by Gasteiger charge is 2.30. The minimum absolute atomic E-state index is 0.147. The van der Waals surface area contributed by atoms with Gasteiger partial charge in [-0.15, -0.1) is 0 Å². The molecule has 1 fully saturated rings. The average Bonchev–Trinajstić information content (AvgIpc) is 3.07. The molecule has 0 spiro atoms. The predicted molar refractivity (Wildman–Crippen MR) is 181 cm³/mol. The van der Waals surface area contributed by atoms with E-state index in [0.717, 1.165) is 54.4 Å². The fourth-order valence-electron chi connectivity index (χ4n) is 6.05. The molecule has 0 aliphatic carbocycles. The lowest BCUT2D eigenvalue weighted by molar-refractivity contribution is -0.114. The molecule has 1 N–H and O–H groups in total. The molecule has 0 radical (unpaired) electrons. The number of amides is 2. The van der Waals surface area contributed by atoms with Crippen LogP contribution in [0.5, 0.6) is 0 Å². The summed E-state index contributed by atoms with van der Waals surface area (Å²) in [6.07, 6.45) is 6.36. The Morgan fingerprint density at radius 2 is 1.60 bits per heavy atom. The van der Waals surface area contributed by atoms with Gasteiger partial charge in [0, 0.05) is 17.0 Å². The molecule has 2 aliphatic heterocycles. The molecule has 0 aromatic heterocycles. The Morgan fingerprint density at radius 1 is 0.889 bits per heavy atom. The summed E-state index contributed by atoms with van der Waals surface area (Å²) in [7, 11) is 0. The van der Waals surface area contributed by atoms with Crippen molar-refractivity contribution in [3.05, 3.63) is 136 Å². The molecule has 45 heavy (non-hydrogen) atoms. The van der Waals surface area contributed by atoms with Gasteiger partial charge in [-0.1, -0.05) is 84.6 Å². The quantitative estimate of drug-likeness (QED) is 0.147. The first-order chi connectivity index (χ1) is 22.0. The van der Waals surface area contributed by atoms with Crippen LogP contribution in [0, 0.1) is 11.7 Å². The van der Waals surface area contributed by atoms with E-state index in [1.54, 1.807) is 23.1 Å². The monoisotopic (exact) mass is 619 g/mol. The van der Waals surface area contributed by atoms with Gasteiger partial charge in [0.2, 0.25) is 0 Å². The standard InChI is InChI=1S/C38H38FN3O2S/c39-33-15-12-31(13-16-33)27-42-34-26-32(14-17-35(34)45-36(38(42)44)25-29-10-5-2-6-11-29)37(43)40-20-7-21-41-22-18-30(19-23-41)24-28-8-3-1-4-9-28/h1-6,8-17,25-26,30H,7,18-24,27H2,(H,40,43). The molecule has 0 saturated carbocycles. The van der Waals surface area contributed by atoms with Crippen molar-refractivity contribution in [2.24, 2.45) is 5.92 Å². The van der Waals surface area contributed by atoms with Crippen LogP contribution in [-0.4, -0.2) is 42.9 Å². The fourth-order valence-corrected chi connectivity index (χ4v) is 7.09. The van der Waals surface area contributed by atoms with Crippen LogP contribution in [0.2, 0.25) is 0 Å². The van der Waals surface area contributed by atoms with Gasteiger partial charge in [-0.05, 0) is 104 Å². The highest BCUT2D eigenvalue weighted by atomic mass is 32.2. The number of hydrogen-bond acceptors (Lipinski definition) is 4. The number of hydrogen-bond donors (Lipinski definition) is 1. The molecule has 0 atom stereocenters. The minimum atomic E-state index is -0.323. The maximum absolute atomic E-state index is 13.8. The normalized spacial score (nSPS) is 16.5. The Labute approximate surface area is 269 Å². The molecule has 6 rings (SSSR count). The molecular formula is C38H38FN3O2S. The van der Waals surface area contributed by atoms with Gasteiger partial charge in [0.15, 0.2) is 0 Å². The fraction of sp³-hybridized carbons (Fsp3) is 0.263. The number of halogens is 1. The second kappa shape index (κ2) is 14.7. The molecule has 4 aromatic carbocycles. The topological polar surface area (TPSA) is 52.7 Å². The van der Waals surface area contributed by atoms with E-state index in [1.807, 2.05) is 48.5 Å². The molecule has 4 aromatic rings. The number of carbonyl (C=O) groups excluding carboxylic acids is 2. The summed E-state index contributed by atoms with van der Waals surface area (Å²) >= 11 is 1.41. The summed E-state index contributed by atoms with van der Waals surface area (Å²) in [5, 5.41) is 3.08.